The summed E-state index contributed by atoms with van der Waals surface area (Å²) >= 11 is 0. The SMILES string of the molecule is CCCCN(CC(N)=O)c1cncc(NCCC)n1. The number of primary amides is 1. The van der Waals surface area contributed by atoms with E-state index in [0.717, 1.165) is 38.2 Å². The number of nitrogens with two attached hydrogens (primary N) is 1. The molecule has 1 aromatic rings. The van der Waals surface area contributed by atoms with Gasteiger partial charge in [-0.05, 0) is 12.8 Å². The molecule has 6 heteroatoms. The molecule has 0 aliphatic rings. The lowest BCUT2D eigenvalue weighted by Crippen LogP contribution is -2.35. The fraction of sp³-hybridized carbons (Fsp3) is 0.615. The van der Waals surface area contributed by atoms with Crippen molar-refractivity contribution in [2.75, 3.05) is 29.9 Å². The number of anilines is 2. The van der Waals surface area contributed by atoms with Gasteiger partial charge in [-0.25, -0.2) is 4.98 Å². The minimum atomic E-state index is -0.357. The summed E-state index contributed by atoms with van der Waals surface area (Å²) in [5.41, 5.74) is 5.28. The maximum Gasteiger partial charge on any atom is 0.236 e. The molecule has 0 saturated carbocycles. The highest BCUT2D eigenvalue weighted by Crippen LogP contribution is 2.13. The van der Waals surface area contributed by atoms with Gasteiger partial charge >= 0.3 is 0 Å². The van der Waals surface area contributed by atoms with Crippen LogP contribution in [0.2, 0.25) is 0 Å². The Balaban J connectivity index is 2.78. The van der Waals surface area contributed by atoms with Crippen LogP contribution in [-0.2, 0) is 4.79 Å². The largest absolute Gasteiger partial charge is 0.369 e. The number of nitrogens with one attached hydrogen (secondary N) is 1. The van der Waals surface area contributed by atoms with E-state index in [9.17, 15) is 4.79 Å². The molecule has 0 bridgehead atoms. The Labute approximate surface area is 114 Å². The highest BCUT2D eigenvalue weighted by atomic mass is 16.1. The fourth-order valence-electron chi connectivity index (χ4n) is 1.66. The number of carbonyl (C=O) groups is 1. The predicted molar refractivity (Wildman–Crippen MR) is 77.1 cm³/mol. The highest BCUT2D eigenvalue weighted by molar-refractivity contribution is 5.79. The minimum Gasteiger partial charge on any atom is -0.369 e. The van der Waals surface area contributed by atoms with Crippen molar-refractivity contribution in [3.8, 4) is 0 Å². The Bertz CT molecular complexity index is 396. The van der Waals surface area contributed by atoms with E-state index in [1.165, 1.54) is 0 Å². The van der Waals surface area contributed by atoms with Crippen molar-refractivity contribution in [1.82, 2.24) is 9.97 Å². The van der Waals surface area contributed by atoms with Gasteiger partial charge in [0.05, 0.1) is 18.9 Å². The monoisotopic (exact) mass is 265 g/mol. The lowest BCUT2D eigenvalue weighted by Gasteiger charge is -2.22. The van der Waals surface area contributed by atoms with Crippen LogP contribution in [0.4, 0.5) is 11.6 Å². The smallest absolute Gasteiger partial charge is 0.236 e. The maximum absolute atomic E-state index is 11.1. The van der Waals surface area contributed by atoms with Gasteiger partial charge in [0.25, 0.3) is 0 Å². The van der Waals surface area contributed by atoms with Crippen LogP contribution in [0, 0.1) is 0 Å². The van der Waals surface area contributed by atoms with E-state index in [1.54, 1.807) is 12.4 Å². The summed E-state index contributed by atoms with van der Waals surface area (Å²) in [4.78, 5) is 21.6. The number of nitrogens with zero attached hydrogens (tertiary/aromatic N) is 3. The Kier molecular flexibility index (Phi) is 6.63. The molecule has 19 heavy (non-hydrogen) atoms. The first kappa shape index (κ1) is 15.2. The quantitative estimate of drug-likeness (QED) is 0.705. The molecule has 0 unspecified atom stereocenters. The van der Waals surface area contributed by atoms with Crippen LogP contribution >= 0.6 is 0 Å². The summed E-state index contributed by atoms with van der Waals surface area (Å²) in [6.07, 6.45) is 6.40. The van der Waals surface area contributed by atoms with E-state index in [0.29, 0.717) is 5.82 Å². The van der Waals surface area contributed by atoms with Gasteiger partial charge in [0, 0.05) is 13.1 Å². The predicted octanol–water partition coefficient (Wildman–Crippen LogP) is 1.39. The van der Waals surface area contributed by atoms with Gasteiger partial charge < -0.3 is 16.0 Å². The van der Waals surface area contributed by atoms with E-state index < -0.39 is 0 Å². The molecule has 0 aliphatic heterocycles. The zero-order chi connectivity index (χ0) is 14.1. The van der Waals surface area contributed by atoms with Crippen molar-refractivity contribution in [3.05, 3.63) is 12.4 Å². The number of unbranched alkanes of at least 4 members (excludes halogenated alkanes) is 1. The Morgan fingerprint density at radius 3 is 2.79 bits per heavy atom. The van der Waals surface area contributed by atoms with Crippen molar-refractivity contribution in [3.63, 3.8) is 0 Å². The standard InChI is InChI=1S/C13H23N5O/c1-3-5-7-18(10-11(14)19)13-9-15-8-12(17-13)16-6-4-2/h8-9H,3-7,10H2,1-2H3,(H2,14,19)(H,16,17). The van der Waals surface area contributed by atoms with Crippen molar-refractivity contribution in [1.29, 1.82) is 0 Å². The molecule has 1 amide bonds. The minimum absolute atomic E-state index is 0.173. The van der Waals surface area contributed by atoms with Crippen LogP contribution in [0.25, 0.3) is 0 Å². The zero-order valence-electron chi connectivity index (χ0n) is 11.7. The van der Waals surface area contributed by atoms with Crippen LogP contribution in [0.3, 0.4) is 0 Å². The summed E-state index contributed by atoms with van der Waals surface area (Å²) in [5, 5.41) is 3.18. The second kappa shape index (κ2) is 8.29. The topological polar surface area (TPSA) is 84.1 Å². The van der Waals surface area contributed by atoms with E-state index >= 15 is 0 Å². The first-order chi connectivity index (χ1) is 9.17. The van der Waals surface area contributed by atoms with Gasteiger partial charge in [0.1, 0.15) is 11.6 Å². The first-order valence-electron chi connectivity index (χ1n) is 6.76. The fourth-order valence-corrected chi connectivity index (χ4v) is 1.66. The van der Waals surface area contributed by atoms with Crippen LogP contribution < -0.4 is 16.0 Å². The summed E-state index contributed by atoms with van der Waals surface area (Å²) in [5.74, 6) is 1.06. The molecule has 0 aliphatic carbocycles. The molecule has 1 rings (SSSR count). The summed E-state index contributed by atoms with van der Waals surface area (Å²) in [6, 6.07) is 0. The summed E-state index contributed by atoms with van der Waals surface area (Å²) in [6.45, 7) is 5.97. The molecule has 106 valence electrons. The number of hydrogen-bond donors (Lipinski definition) is 2. The van der Waals surface area contributed by atoms with Gasteiger partial charge in [-0.15, -0.1) is 0 Å². The highest BCUT2D eigenvalue weighted by Gasteiger charge is 2.11. The van der Waals surface area contributed by atoms with Crippen molar-refractivity contribution >= 4 is 17.5 Å². The molecule has 0 spiro atoms. The van der Waals surface area contributed by atoms with Crippen LogP contribution in [-0.4, -0.2) is 35.5 Å². The second-order valence-electron chi connectivity index (χ2n) is 4.43. The van der Waals surface area contributed by atoms with E-state index in [-0.39, 0.29) is 12.5 Å². The van der Waals surface area contributed by atoms with Gasteiger partial charge in [-0.2, -0.15) is 0 Å². The van der Waals surface area contributed by atoms with E-state index in [4.69, 9.17) is 5.73 Å². The van der Waals surface area contributed by atoms with Gasteiger partial charge in [0.2, 0.25) is 5.91 Å². The molecule has 0 saturated heterocycles. The third-order valence-electron chi connectivity index (χ3n) is 2.63. The normalized spacial score (nSPS) is 10.2. The molecule has 0 fully saturated rings. The third-order valence-corrected chi connectivity index (χ3v) is 2.63. The Morgan fingerprint density at radius 2 is 2.16 bits per heavy atom. The molecule has 6 nitrogen and oxygen atoms in total. The number of rotatable bonds is 9. The summed E-state index contributed by atoms with van der Waals surface area (Å²) < 4.78 is 0. The Hall–Kier alpha value is -1.85. The number of aromatic nitrogens is 2. The molecule has 1 heterocycles. The van der Waals surface area contributed by atoms with E-state index in [1.807, 2.05) is 4.90 Å². The van der Waals surface area contributed by atoms with Crippen molar-refractivity contribution in [2.24, 2.45) is 5.73 Å². The average molecular weight is 265 g/mol. The zero-order valence-corrected chi connectivity index (χ0v) is 11.7. The lowest BCUT2D eigenvalue weighted by atomic mass is 10.3. The molecule has 0 aromatic carbocycles. The van der Waals surface area contributed by atoms with Crippen molar-refractivity contribution < 1.29 is 4.79 Å². The number of amides is 1. The molecule has 3 N–H and O–H groups in total. The lowest BCUT2D eigenvalue weighted by molar-refractivity contribution is -0.116. The number of carbonyl (C=O) groups excluding carboxylic acids is 1. The number of hydrogen-bond acceptors (Lipinski definition) is 5. The Morgan fingerprint density at radius 1 is 1.37 bits per heavy atom. The van der Waals surface area contributed by atoms with E-state index in [2.05, 4.69) is 29.1 Å². The molecule has 0 radical (unpaired) electrons. The maximum atomic E-state index is 11.1. The van der Waals surface area contributed by atoms with Gasteiger partial charge in [-0.1, -0.05) is 20.3 Å². The van der Waals surface area contributed by atoms with Crippen LogP contribution in [0.1, 0.15) is 33.1 Å². The molecule has 1 aromatic heterocycles. The second-order valence-corrected chi connectivity index (χ2v) is 4.43. The van der Waals surface area contributed by atoms with Crippen molar-refractivity contribution in [2.45, 2.75) is 33.1 Å². The molecular formula is C13H23N5O. The molecular weight excluding hydrogens is 242 g/mol. The summed E-state index contributed by atoms with van der Waals surface area (Å²) in [7, 11) is 0. The third kappa shape index (κ3) is 5.54. The van der Waals surface area contributed by atoms with Gasteiger partial charge in [-0.3, -0.25) is 9.78 Å². The first-order valence-corrected chi connectivity index (χ1v) is 6.76. The van der Waals surface area contributed by atoms with Crippen LogP contribution in [0.15, 0.2) is 12.4 Å². The average Bonchev–Trinajstić information content (AvgIpc) is 2.41. The molecule has 0 atom stereocenters. The van der Waals surface area contributed by atoms with Crippen LogP contribution in [0.5, 0.6) is 0 Å². The van der Waals surface area contributed by atoms with Gasteiger partial charge in [0.15, 0.2) is 0 Å².